The highest BCUT2D eigenvalue weighted by Crippen LogP contribution is 2.33. The zero-order chi connectivity index (χ0) is 19.1. The molecule has 0 radical (unpaired) electrons. The van der Waals surface area contributed by atoms with Crippen molar-refractivity contribution in [2.75, 3.05) is 0 Å². The summed E-state index contributed by atoms with van der Waals surface area (Å²) >= 11 is 6.04. The monoisotopic (exact) mass is 398 g/mol. The molecule has 3 rings (SSSR count). The van der Waals surface area contributed by atoms with E-state index in [1.54, 1.807) is 24.3 Å². The molecule has 0 aliphatic heterocycles. The number of benzene rings is 2. The van der Waals surface area contributed by atoms with Crippen LogP contribution in [0, 0.1) is 13.8 Å². The molecular formula is C17H12ClFO6S. The second-order valence-corrected chi connectivity index (χ2v) is 6.75. The van der Waals surface area contributed by atoms with E-state index in [0.29, 0.717) is 5.02 Å². The van der Waals surface area contributed by atoms with E-state index in [4.69, 9.17) is 20.8 Å². The Hall–Kier alpha value is -2.58. The first-order valence-electron chi connectivity index (χ1n) is 7.31. The molecule has 0 unspecified atom stereocenters. The van der Waals surface area contributed by atoms with Gasteiger partial charge in [-0.2, -0.15) is 8.42 Å². The number of ether oxygens (including phenoxy) is 1. The topological polar surface area (TPSA) is 82.8 Å². The molecule has 6 nitrogen and oxygen atoms in total. The van der Waals surface area contributed by atoms with Gasteiger partial charge in [-0.15, -0.1) is 0 Å². The standard InChI is InChI=1S/C17H12ClFO6S/c1-9-13(25-26(19,21)22)8-7-11-15(20)17(10(2)23-16(9)11)24-14-6-4-3-5-12(14)18/h3-8H,1-2H3. The van der Waals surface area contributed by atoms with Crippen LogP contribution in [0.4, 0.5) is 3.89 Å². The van der Waals surface area contributed by atoms with Crippen molar-refractivity contribution in [3.8, 4) is 17.2 Å². The number of hydrogen-bond acceptors (Lipinski definition) is 6. The zero-order valence-corrected chi connectivity index (χ0v) is 15.2. The highest BCUT2D eigenvalue weighted by atomic mass is 35.5. The molecular weight excluding hydrogens is 387 g/mol. The Morgan fingerprint density at radius 2 is 1.77 bits per heavy atom. The maximum absolute atomic E-state index is 12.8. The molecule has 0 aliphatic carbocycles. The third-order valence-corrected chi connectivity index (χ3v) is 4.31. The lowest BCUT2D eigenvalue weighted by Gasteiger charge is -2.12. The number of halogens is 2. The van der Waals surface area contributed by atoms with E-state index in [2.05, 4.69) is 4.18 Å². The Morgan fingerprint density at radius 3 is 2.42 bits per heavy atom. The van der Waals surface area contributed by atoms with Crippen LogP contribution in [0.3, 0.4) is 0 Å². The predicted octanol–water partition coefficient (Wildman–Crippen LogP) is 4.45. The van der Waals surface area contributed by atoms with Gasteiger partial charge in [-0.25, -0.2) is 0 Å². The van der Waals surface area contributed by atoms with Gasteiger partial charge in [-0.05, 0) is 38.1 Å². The predicted molar refractivity (Wildman–Crippen MR) is 94.1 cm³/mol. The molecule has 0 N–H and O–H groups in total. The molecule has 1 aromatic heterocycles. The highest BCUT2D eigenvalue weighted by Gasteiger charge is 2.20. The van der Waals surface area contributed by atoms with Crippen LogP contribution in [0.25, 0.3) is 11.0 Å². The Morgan fingerprint density at radius 1 is 1.08 bits per heavy atom. The normalized spacial score (nSPS) is 11.5. The highest BCUT2D eigenvalue weighted by molar-refractivity contribution is 7.81. The number of aryl methyl sites for hydroxylation is 2. The first kappa shape index (κ1) is 18.2. The molecule has 0 saturated heterocycles. The minimum absolute atomic E-state index is 0.0585. The fourth-order valence-corrected chi connectivity index (χ4v) is 2.99. The molecule has 0 aliphatic rings. The van der Waals surface area contributed by atoms with Crippen LogP contribution in [0.2, 0.25) is 5.02 Å². The van der Waals surface area contributed by atoms with Crippen molar-refractivity contribution in [1.82, 2.24) is 0 Å². The number of hydrogen-bond donors (Lipinski definition) is 0. The largest absolute Gasteiger partial charge is 0.488 e. The van der Waals surface area contributed by atoms with Gasteiger partial charge in [0.15, 0.2) is 5.75 Å². The lowest BCUT2D eigenvalue weighted by Crippen LogP contribution is -2.09. The molecule has 26 heavy (non-hydrogen) atoms. The van der Waals surface area contributed by atoms with E-state index >= 15 is 0 Å². The van der Waals surface area contributed by atoms with Gasteiger partial charge in [0.2, 0.25) is 11.2 Å². The van der Waals surface area contributed by atoms with Crippen molar-refractivity contribution in [2.24, 2.45) is 0 Å². The van der Waals surface area contributed by atoms with Crippen LogP contribution >= 0.6 is 11.6 Å². The second kappa shape index (κ2) is 6.62. The van der Waals surface area contributed by atoms with E-state index in [-0.39, 0.29) is 39.5 Å². The molecule has 0 fully saturated rings. The molecule has 0 saturated carbocycles. The van der Waals surface area contributed by atoms with Gasteiger partial charge in [0.05, 0.1) is 10.4 Å². The molecule has 136 valence electrons. The third-order valence-electron chi connectivity index (χ3n) is 3.62. The summed E-state index contributed by atoms with van der Waals surface area (Å²) in [7, 11) is -5.20. The van der Waals surface area contributed by atoms with E-state index < -0.39 is 15.9 Å². The number of fused-ring (bicyclic) bond motifs is 1. The molecule has 0 amide bonds. The van der Waals surface area contributed by atoms with Crippen LogP contribution in [0.1, 0.15) is 11.3 Å². The Labute approximate surface area is 153 Å². The van der Waals surface area contributed by atoms with Crippen molar-refractivity contribution < 1.29 is 25.6 Å². The van der Waals surface area contributed by atoms with Crippen LogP contribution < -0.4 is 14.3 Å². The Kier molecular flexibility index (Phi) is 4.64. The van der Waals surface area contributed by atoms with E-state index in [0.717, 1.165) is 0 Å². The quantitative estimate of drug-likeness (QED) is 0.604. The third kappa shape index (κ3) is 3.51. The molecule has 1 heterocycles. The van der Waals surface area contributed by atoms with Crippen molar-refractivity contribution in [1.29, 1.82) is 0 Å². The maximum atomic E-state index is 12.8. The average Bonchev–Trinajstić information content (AvgIpc) is 2.55. The summed E-state index contributed by atoms with van der Waals surface area (Å²) in [5.41, 5.74) is -0.255. The van der Waals surface area contributed by atoms with E-state index in [1.807, 2.05) is 0 Å². The van der Waals surface area contributed by atoms with Gasteiger partial charge in [0.25, 0.3) is 0 Å². The summed E-state index contributed by atoms with van der Waals surface area (Å²) < 4.78 is 49.6. The van der Waals surface area contributed by atoms with Crippen molar-refractivity contribution >= 4 is 33.1 Å². The number of para-hydroxylation sites is 1. The van der Waals surface area contributed by atoms with Crippen molar-refractivity contribution in [2.45, 2.75) is 13.8 Å². The molecule has 9 heteroatoms. The maximum Gasteiger partial charge on any atom is 0.488 e. The van der Waals surface area contributed by atoms with Gasteiger partial charge >= 0.3 is 10.5 Å². The summed E-state index contributed by atoms with van der Waals surface area (Å²) in [6.07, 6.45) is 0. The van der Waals surface area contributed by atoms with E-state index in [9.17, 15) is 17.1 Å². The minimum Gasteiger partial charge on any atom is -0.457 e. The summed E-state index contributed by atoms with van der Waals surface area (Å²) in [4.78, 5) is 12.8. The van der Waals surface area contributed by atoms with Crippen molar-refractivity contribution in [3.05, 3.63) is 63.0 Å². The second-order valence-electron chi connectivity index (χ2n) is 5.39. The molecule has 0 spiro atoms. The Balaban J connectivity index is 2.16. The van der Waals surface area contributed by atoms with E-state index in [1.165, 1.54) is 26.0 Å². The Bertz CT molecular complexity index is 1170. The molecule has 0 bridgehead atoms. The zero-order valence-electron chi connectivity index (χ0n) is 13.6. The van der Waals surface area contributed by atoms with Gasteiger partial charge < -0.3 is 13.3 Å². The lowest BCUT2D eigenvalue weighted by atomic mass is 10.1. The van der Waals surface area contributed by atoms with Gasteiger partial charge in [0, 0.05) is 5.56 Å². The fraction of sp³-hybridized carbons (Fsp3) is 0.118. The van der Waals surface area contributed by atoms with Gasteiger partial charge in [-0.3, -0.25) is 4.79 Å². The summed E-state index contributed by atoms with van der Waals surface area (Å²) in [5.74, 6) is 0.0917. The van der Waals surface area contributed by atoms with Gasteiger partial charge in [0.1, 0.15) is 17.1 Å². The van der Waals surface area contributed by atoms with Crippen molar-refractivity contribution in [3.63, 3.8) is 0 Å². The molecule has 3 aromatic rings. The van der Waals surface area contributed by atoms with Crippen LogP contribution in [-0.4, -0.2) is 8.42 Å². The van der Waals surface area contributed by atoms with Crippen LogP contribution in [0.5, 0.6) is 17.2 Å². The van der Waals surface area contributed by atoms with Crippen LogP contribution in [0.15, 0.2) is 45.6 Å². The SMILES string of the molecule is Cc1oc2c(C)c(OS(=O)(=O)F)ccc2c(=O)c1Oc1ccccc1Cl. The lowest BCUT2D eigenvalue weighted by molar-refractivity contribution is 0.431. The summed E-state index contributed by atoms with van der Waals surface area (Å²) in [6.45, 7) is 2.95. The first-order valence-corrected chi connectivity index (χ1v) is 8.99. The molecule has 2 aromatic carbocycles. The summed E-state index contributed by atoms with van der Waals surface area (Å²) in [5, 5.41) is 0.443. The average molecular weight is 399 g/mol. The van der Waals surface area contributed by atoms with Gasteiger partial charge in [-0.1, -0.05) is 27.6 Å². The summed E-state index contributed by atoms with van der Waals surface area (Å²) in [6, 6.07) is 9.06. The minimum atomic E-state index is -5.20. The fourth-order valence-electron chi connectivity index (χ4n) is 2.42. The molecule has 0 atom stereocenters. The smallest absolute Gasteiger partial charge is 0.457 e. The first-order chi connectivity index (χ1) is 12.2. The van der Waals surface area contributed by atoms with Crippen LogP contribution in [-0.2, 0) is 10.5 Å². The number of rotatable bonds is 4.